The molecule has 2 fully saturated rings. The average Bonchev–Trinajstić information content (AvgIpc) is 3.44. The summed E-state index contributed by atoms with van der Waals surface area (Å²) < 4.78 is 32.1. The van der Waals surface area contributed by atoms with Crippen molar-refractivity contribution in [2.75, 3.05) is 32.7 Å². The number of rotatable bonds is 6. The number of likely N-dealkylation sites (N-methyl/N-ethyl adjacent to an activating group) is 1. The molecule has 11 heteroatoms. The van der Waals surface area contributed by atoms with Crippen LogP contribution in [0.25, 0.3) is 0 Å². The molecule has 2 aromatic carbocycles. The van der Waals surface area contributed by atoms with Gasteiger partial charge in [0.1, 0.15) is 23.1 Å². The molecule has 0 aliphatic carbocycles. The summed E-state index contributed by atoms with van der Waals surface area (Å²) in [6.07, 6.45) is 1.41. The molecule has 0 saturated carbocycles. The highest BCUT2D eigenvalue weighted by Gasteiger charge is 2.43. The maximum absolute atomic E-state index is 13.7. The third kappa shape index (κ3) is 6.54. The van der Waals surface area contributed by atoms with E-state index in [1.165, 1.54) is 36.4 Å². The van der Waals surface area contributed by atoms with Crippen LogP contribution in [0.5, 0.6) is 5.75 Å². The largest absolute Gasteiger partial charge is 0.415 e. The summed E-state index contributed by atoms with van der Waals surface area (Å²) in [5.74, 6) is -1.49. The first-order chi connectivity index (χ1) is 20.2. The number of nitrogens with zero attached hydrogens (tertiary/aromatic N) is 4. The highest BCUT2D eigenvalue weighted by atomic mass is 35.5. The number of carbonyl (C=O) groups excluding carboxylic acids is 3. The smallest absolute Gasteiger partial charge is 0.410 e. The van der Waals surface area contributed by atoms with E-state index in [9.17, 15) is 23.2 Å². The number of carbonyl (C=O) groups is 3. The Morgan fingerprint density at radius 1 is 0.929 bits per heavy atom. The lowest BCUT2D eigenvalue weighted by Crippen LogP contribution is -2.47. The van der Waals surface area contributed by atoms with E-state index >= 15 is 0 Å². The van der Waals surface area contributed by atoms with Gasteiger partial charge in [-0.2, -0.15) is 0 Å². The second-order valence-corrected chi connectivity index (χ2v) is 10.9. The summed E-state index contributed by atoms with van der Waals surface area (Å²) in [5, 5.41) is 0.585. The third-order valence-corrected chi connectivity index (χ3v) is 8.22. The molecule has 5 rings (SSSR count). The minimum absolute atomic E-state index is 0.0218. The summed E-state index contributed by atoms with van der Waals surface area (Å²) in [4.78, 5) is 48.7. The summed E-state index contributed by atoms with van der Waals surface area (Å²) in [6, 6.07) is 14.8. The van der Waals surface area contributed by atoms with Gasteiger partial charge in [0, 0.05) is 49.6 Å². The predicted molar refractivity (Wildman–Crippen MR) is 152 cm³/mol. The Labute approximate surface area is 247 Å². The Bertz CT molecular complexity index is 1410. The number of piperidine rings is 1. The normalized spacial score (nSPS) is 19.0. The molecular weight excluding hydrogens is 566 g/mol. The number of benzene rings is 2. The average molecular weight is 597 g/mol. The maximum Gasteiger partial charge on any atom is 0.415 e. The molecule has 220 valence electrons. The van der Waals surface area contributed by atoms with Crippen molar-refractivity contribution in [1.82, 2.24) is 19.7 Å². The standard InChI is InChI=1S/C31H31ClF2N4O4/c1-2-38(31(41)42-25-10-7-23(33)8-11-25)28-19-37(18-26(28)20-3-5-22(32)6-4-20)29(39)21-13-15-36(16-14-21)30(40)27-12-9-24(34)17-35-27/h3-12,17,21,26,28H,2,13-16,18-19H2,1H3/t26-,28+/m0/s1. The molecule has 0 spiro atoms. The van der Waals surface area contributed by atoms with Crippen molar-refractivity contribution in [3.05, 3.63) is 94.8 Å². The number of hydrogen-bond acceptors (Lipinski definition) is 5. The van der Waals surface area contributed by atoms with Crippen molar-refractivity contribution in [3.8, 4) is 5.75 Å². The lowest BCUT2D eigenvalue weighted by molar-refractivity contribution is -0.136. The summed E-state index contributed by atoms with van der Waals surface area (Å²) in [7, 11) is 0. The molecule has 0 bridgehead atoms. The molecule has 8 nitrogen and oxygen atoms in total. The number of amides is 3. The molecule has 0 radical (unpaired) electrons. The Morgan fingerprint density at radius 2 is 1.60 bits per heavy atom. The number of hydrogen-bond donors (Lipinski definition) is 0. The Morgan fingerprint density at radius 3 is 2.21 bits per heavy atom. The SMILES string of the molecule is CCN(C(=O)Oc1ccc(F)cc1)[C@@H]1CN(C(=O)C2CCN(C(=O)c3ccc(F)cn3)CC2)C[C@H]1c1ccc(Cl)cc1. The van der Waals surface area contributed by atoms with Crippen molar-refractivity contribution in [2.45, 2.75) is 31.7 Å². The van der Waals surface area contributed by atoms with Crippen LogP contribution in [0.1, 0.15) is 41.7 Å². The van der Waals surface area contributed by atoms with Crippen molar-refractivity contribution < 1.29 is 27.9 Å². The van der Waals surface area contributed by atoms with Crippen LogP contribution in [0, 0.1) is 17.6 Å². The molecule has 2 atom stereocenters. The summed E-state index contributed by atoms with van der Waals surface area (Å²) in [6.45, 7) is 3.68. The number of likely N-dealkylation sites (tertiary alicyclic amines) is 2. The Hall–Kier alpha value is -4.05. The van der Waals surface area contributed by atoms with Gasteiger partial charge in [0.2, 0.25) is 5.91 Å². The van der Waals surface area contributed by atoms with Gasteiger partial charge in [0.25, 0.3) is 5.91 Å². The van der Waals surface area contributed by atoms with Gasteiger partial charge < -0.3 is 19.4 Å². The fraction of sp³-hybridized carbons (Fsp3) is 0.355. The molecule has 3 aromatic rings. The summed E-state index contributed by atoms with van der Waals surface area (Å²) >= 11 is 6.13. The highest BCUT2D eigenvalue weighted by Crippen LogP contribution is 2.34. The minimum Gasteiger partial charge on any atom is -0.410 e. The van der Waals surface area contributed by atoms with E-state index in [4.69, 9.17) is 16.3 Å². The molecule has 1 aromatic heterocycles. The highest BCUT2D eigenvalue weighted by molar-refractivity contribution is 6.30. The van der Waals surface area contributed by atoms with E-state index in [1.54, 1.807) is 26.8 Å². The second-order valence-electron chi connectivity index (χ2n) is 10.5. The van der Waals surface area contributed by atoms with Gasteiger partial charge in [0.15, 0.2) is 0 Å². The van der Waals surface area contributed by atoms with E-state index in [0.29, 0.717) is 50.6 Å². The van der Waals surface area contributed by atoms with Crippen LogP contribution in [0.3, 0.4) is 0 Å². The Kier molecular flexibility index (Phi) is 9.01. The van der Waals surface area contributed by atoms with Crippen molar-refractivity contribution in [1.29, 1.82) is 0 Å². The first-order valence-electron chi connectivity index (χ1n) is 13.9. The van der Waals surface area contributed by atoms with Crippen molar-refractivity contribution in [3.63, 3.8) is 0 Å². The van der Waals surface area contributed by atoms with E-state index in [0.717, 1.165) is 11.8 Å². The number of halogens is 3. The molecule has 3 heterocycles. The number of ether oxygens (including phenoxy) is 1. The first kappa shape index (κ1) is 29.4. The monoisotopic (exact) mass is 596 g/mol. The zero-order valence-corrected chi connectivity index (χ0v) is 23.8. The molecule has 2 aliphatic heterocycles. The van der Waals surface area contributed by atoms with E-state index < -0.39 is 17.7 Å². The lowest BCUT2D eigenvalue weighted by Gasteiger charge is -2.33. The molecule has 2 saturated heterocycles. The van der Waals surface area contributed by atoms with Crippen LogP contribution in [-0.4, -0.2) is 76.4 Å². The quantitative estimate of drug-likeness (QED) is 0.382. The number of aromatic nitrogens is 1. The lowest BCUT2D eigenvalue weighted by atomic mass is 9.93. The van der Waals surface area contributed by atoms with Crippen LogP contribution < -0.4 is 4.74 Å². The number of pyridine rings is 1. The molecule has 42 heavy (non-hydrogen) atoms. The topological polar surface area (TPSA) is 83.0 Å². The van der Waals surface area contributed by atoms with Gasteiger partial charge in [-0.1, -0.05) is 23.7 Å². The van der Waals surface area contributed by atoms with Crippen LogP contribution in [0.4, 0.5) is 13.6 Å². The van der Waals surface area contributed by atoms with Gasteiger partial charge in [-0.15, -0.1) is 0 Å². The zero-order valence-electron chi connectivity index (χ0n) is 23.1. The van der Waals surface area contributed by atoms with Crippen molar-refractivity contribution >= 4 is 29.5 Å². The minimum atomic E-state index is -0.580. The van der Waals surface area contributed by atoms with Crippen molar-refractivity contribution in [2.24, 2.45) is 5.92 Å². The van der Waals surface area contributed by atoms with Gasteiger partial charge in [-0.3, -0.25) is 9.59 Å². The van der Waals surface area contributed by atoms with E-state index in [1.807, 2.05) is 19.1 Å². The second kappa shape index (κ2) is 12.9. The van der Waals surface area contributed by atoms with Gasteiger partial charge in [0.05, 0.1) is 12.2 Å². The first-order valence-corrected chi connectivity index (χ1v) is 14.3. The molecule has 0 N–H and O–H groups in total. The van der Waals surface area contributed by atoms with E-state index in [2.05, 4.69) is 4.98 Å². The molecular formula is C31H31ClF2N4O4. The van der Waals surface area contributed by atoms with Gasteiger partial charge in [-0.25, -0.2) is 18.6 Å². The molecule has 2 aliphatic rings. The zero-order chi connectivity index (χ0) is 29.8. The van der Waals surface area contributed by atoms with Gasteiger partial charge in [-0.05, 0) is 73.9 Å². The van der Waals surface area contributed by atoms with Gasteiger partial charge >= 0.3 is 6.09 Å². The van der Waals surface area contributed by atoms with Crippen LogP contribution in [0.2, 0.25) is 5.02 Å². The van der Waals surface area contributed by atoms with E-state index in [-0.39, 0.29) is 41.1 Å². The predicted octanol–water partition coefficient (Wildman–Crippen LogP) is 5.38. The summed E-state index contributed by atoms with van der Waals surface area (Å²) in [5.41, 5.74) is 1.11. The maximum atomic E-state index is 13.7. The third-order valence-electron chi connectivity index (χ3n) is 7.97. The van der Waals surface area contributed by atoms with Crippen LogP contribution in [0.15, 0.2) is 66.9 Å². The Balaban J connectivity index is 1.29. The van der Waals surface area contributed by atoms with Crippen LogP contribution >= 0.6 is 11.6 Å². The molecule has 0 unspecified atom stereocenters. The van der Waals surface area contributed by atoms with Crippen LogP contribution in [-0.2, 0) is 4.79 Å². The molecule has 3 amide bonds. The fourth-order valence-electron chi connectivity index (χ4n) is 5.73. The fourth-order valence-corrected chi connectivity index (χ4v) is 5.86.